The van der Waals surface area contributed by atoms with Crippen LogP contribution in [0.3, 0.4) is 0 Å². The summed E-state index contributed by atoms with van der Waals surface area (Å²) >= 11 is 9.30. The van der Waals surface area contributed by atoms with E-state index in [2.05, 4.69) is 22.9 Å². The molecule has 1 aromatic carbocycles. The number of hydrogen-bond donors (Lipinski definition) is 0. The number of benzene rings is 1. The second kappa shape index (κ2) is 4.76. The first kappa shape index (κ1) is 11.9. The largest absolute Gasteiger partial charge is 0.336 e. The van der Waals surface area contributed by atoms with Gasteiger partial charge in [0.25, 0.3) is 5.91 Å². The number of carbonyl (C=O) groups is 1. The van der Waals surface area contributed by atoms with Crippen LogP contribution in [-0.4, -0.2) is 23.4 Å². The van der Waals surface area contributed by atoms with E-state index in [1.165, 1.54) is 0 Å². The van der Waals surface area contributed by atoms with Gasteiger partial charge in [-0.05, 0) is 53.9 Å². The molecule has 0 N–H and O–H groups in total. The fourth-order valence-corrected chi connectivity index (χ4v) is 2.64. The Balaban J connectivity index is 2.29. The molecule has 1 amide bonds. The quantitative estimate of drug-likeness (QED) is 0.774. The van der Waals surface area contributed by atoms with Crippen LogP contribution in [0.1, 0.15) is 30.1 Å². The highest BCUT2D eigenvalue weighted by Crippen LogP contribution is 2.26. The average molecular weight is 303 g/mol. The van der Waals surface area contributed by atoms with Gasteiger partial charge in [0, 0.05) is 22.1 Å². The highest BCUT2D eigenvalue weighted by atomic mass is 79.9. The third-order valence-electron chi connectivity index (χ3n) is 2.97. The van der Waals surface area contributed by atoms with Crippen molar-refractivity contribution >= 4 is 33.4 Å². The van der Waals surface area contributed by atoms with Crippen molar-refractivity contribution in [3.63, 3.8) is 0 Å². The molecule has 86 valence electrons. The van der Waals surface area contributed by atoms with E-state index in [9.17, 15) is 4.79 Å². The van der Waals surface area contributed by atoms with Crippen LogP contribution in [-0.2, 0) is 0 Å². The number of amides is 1. The molecule has 4 heteroatoms. The molecule has 1 aliphatic heterocycles. The summed E-state index contributed by atoms with van der Waals surface area (Å²) in [5.41, 5.74) is 0.654. The van der Waals surface area contributed by atoms with E-state index in [1.807, 2.05) is 11.0 Å². The summed E-state index contributed by atoms with van der Waals surface area (Å²) in [5.74, 6) is 0.0689. The number of carbonyl (C=O) groups excluding carboxylic acids is 1. The van der Waals surface area contributed by atoms with E-state index in [1.54, 1.807) is 12.1 Å². The maximum absolute atomic E-state index is 12.3. The van der Waals surface area contributed by atoms with E-state index in [-0.39, 0.29) is 5.91 Å². The van der Waals surface area contributed by atoms with Gasteiger partial charge in [0.2, 0.25) is 0 Å². The van der Waals surface area contributed by atoms with Crippen LogP contribution in [0.4, 0.5) is 0 Å². The smallest absolute Gasteiger partial charge is 0.255 e. The summed E-state index contributed by atoms with van der Waals surface area (Å²) < 4.78 is 0.806. The monoisotopic (exact) mass is 301 g/mol. The lowest BCUT2D eigenvalue weighted by atomic mass is 10.2. The molecule has 0 bridgehead atoms. The predicted octanol–water partition coefficient (Wildman–Crippen LogP) is 3.73. The van der Waals surface area contributed by atoms with Gasteiger partial charge in [-0.15, -0.1) is 0 Å². The first-order valence-electron chi connectivity index (χ1n) is 5.35. The molecule has 1 aromatic rings. The summed E-state index contributed by atoms with van der Waals surface area (Å²) in [7, 11) is 0. The van der Waals surface area contributed by atoms with Crippen molar-refractivity contribution in [1.29, 1.82) is 0 Å². The van der Waals surface area contributed by atoms with Crippen molar-refractivity contribution in [2.75, 3.05) is 6.54 Å². The van der Waals surface area contributed by atoms with Crippen molar-refractivity contribution < 1.29 is 4.79 Å². The molecule has 0 aliphatic carbocycles. The van der Waals surface area contributed by atoms with Crippen LogP contribution < -0.4 is 0 Å². The zero-order valence-corrected chi connectivity index (χ0v) is 11.4. The van der Waals surface area contributed by atoms with Crippen molar-refractivity contribution in [3.05, 3.63) is 33.3 Å². The zero-order valence-electron chi connectivity index (χ0n) is 9.04. The fraction of sp³-hybridized carbons (Fsp3) is 0.417. The molecular formula is C12H13BrClNO. The van der Waals surface area contributed by atoms with E-state index in [0.717, 1.165) is 23.9 Å². The third kappa shape index (κ3) is 2.25. The van der Waals surface area contributed by atoms with Gasteiger partial charge >= 0.3 is 0 Å². The van der Waals surface area contributed by atoms with Crippen LogP contribution >= 0.6 is 27.5 Å². The fourth-order valence-electron chi connectivity index (χ4n) is 2.05. The van der Waals surface area contributed by atoms with Crippen molar-refractivity contribution in [1.82, 2.24) is 4.90 Å². The molecule has 2 nitrogen and oxygen atoms in total. The Kier molecular flexibility index (Phi) is 3.55. The highest BCUT2D eigenvalue weighted by Gasteiger charge is 2.27. The van der Waals surface area contributed by atoms with Gasteiger partial charge in [0.05, 0.1) is 5.56 Å². The molecule has 0 saturated carbocycles. The number of likely N-dealkylation sites (tertiary alicyclic amines) is 1. The Bertz CT molecular complexity index is 421. The van der Waals surface area contributed by atoms with Crippen molar-refractivity contribution in [3.8, 4) is 0 Å². The van der Waals surface area contributed by atoms with Gasteiger partial charge in [-0.25, -0.2) is 0 Å². The van der Waals surface area contributed by atoms with Gasteiger partial charge in [-0.3, -0.25) is 4.79 Å². The van der Waals surface area contributed by atoms with Crippen molar-refractivity contribution in [2.24, 2.45) is 0 Å². The second-order valence-corrected chi connectivity index (χ2v) is 5.40. The van der Waals surface area contributed by atoms with E-state index >= 15 is 0 Å². The van der Waals surface area contributed by atoms with Gasteiger partial charge < -0.3 is 4.90 Å². The third-order valence-corrected chi connectivity index (χ3v) is 3.90. The maximum atomic E-state index is 12.3. The minimum absolute atomic E-state index is 0.0689. The highest BCUT2D eigenvalue weighted by molar-refractivity contribution is 9.10. The van der Waals surface area contributed by atoms with Crippen LogP contribution in [0.2, 0.25) is 5.02 Å². The lowest BCUT2D eigenvalue weighted by Gasteiger charge is -2.22. The molecule has 1 fully saturated rings. The lowest BCUT2D eigenvalue weighted by Crippen LogP contribution is -2.33. The summed E-state index contributed by atoms with van der Waals surface area (Å²) in [6.07, 6.45) is 2.18. The molecule has 16 heavy (non-hydrogen) atoms. The molecule has 0 aromatic heterocycles. The minimum atomic E-state index is 0.0689. The summed E-state index contributed by atoms with van der Waals surface area (Å²) in [6, 6.07) is 5.64. The van der Waals surface area contributed by atoms with Crippen LogP contribution in [0.5, 0.6) is 0 Å². The Hall–Kier alpha value is -0.540. The molecule has 2 rings (SSSR count). The Morgan fingerprint density at radius 3 is 2.94 bits per heavy atom. The Morgan fingerprint density at radius 1 is 1.56 bits per heavy atom. The van der Waals surface area contributed by atoms with Crippen LogP contribution in [0.25, 0.3) is 0 Å². The van der Waals surface area contributed by atoms with Gasteiger partial charge in [0.15, 0.2) is 0 Å². The number of nitrogens with zero attached hydrogens (tertiary/aromatic N) is 1. The summed E-state index contributed by atoms with van der Waals surface area (Å²) in [4.78, 5) is 14.2. The van der Waals surface area contributed by atoms with Gasteiger partial charge in [-0.1, -0.05) is 11.6 Å². The Labute approximate surface area is 109 Å². The van der Waals surface area contributed by atoms with E-state index in [4.69, 9.17) is 11.6 Å². The average Bonchev–Trinajstić information content (AvgIpc) is 2.67. The molecular weight excluding hydrogens is 289 g/mol. The van der Waals surface area contributed by atoms with Crippen molar-refractivity contribution in [2.45, 2.75) is 25.8 Å². The molecule has 1 atom stereocenters. The van der Waals surface area contributed by atoms with Crippen LogP contribution in [0.15, 0.2) is 22.7 Å². The number of rotatable bonds is 1. The predicted molar refractivity (Wildman–Crippen MR) is 68.9 cm³/mol. The Morgan fingerprint density at radius 2 is 2.31 bits per heavy atom. The van der Waals surface area contributed by atoms with Gasteiger partial charge in [-0.2, -0.15) is 0 Å². The topological polar surface area (TPSA) is 20.3 Å². The van der Waals surface area contributed by atoms with E-state index in [0.29, 0.717) is 16.6 Å². The van der Waals surface area contributed by atoms with Gasteiger partial charge in [0.1, 0.15) is 0 Å². The molecule has 0 spiro atoms. The lowest BCUT2D eigenvalue weighted by molar-refractivity contribution is 0.0746. The van der Waals surface area contributed by atoms with E-state index < -0.39 is 0 Å². The second-order valence-electron chi connectivity index (χ2n) is 4.11. The number of hydrogen-bond acceptors (Lipinski definition) is 1. The minimum Gasteiger partial charge on any atom is -0.336 e. The molecule has 1 heterocycles. The molecule has 1 aliphatic rings. The molecule has 1 saturated heterocycles. The first-order valence-corrected chi connectivity index (χ1v) is 6.52. The maximum Gasteiger partial charge on any atom is 0.255 e. The normalized spacial score (nSPS) is 20.2. The van der Waals surface area contributed by atoms with Crippen LogP contribution in [0, 0.1) is 0 Å². The first-order chi connectivity index (χ1) is 7.59. The zero-order chi connectivity index (χ0) is 11.7. The summed E-state index contributed by atoms with van der Waals surface area (Å²) in [6.45, 7) is 2.93. The SMILES string of the molecule is C[C@H]1CCCN1C(=O)c1cc(Cl)ccc1Br. The molecule has 0 unspecified atom stereocenters. The number of halogens is 2. The molecule has 0 radical (unpaired) electrons. The summed E-state index contributed by atoms with van der Waals surface area (Å²) in [5, 5.41) is 0.596. The standard InChI is InChI=1S/C12H13BrClNO/c1-8-3-2-6-15(8)12(16)10-7-9(14)4-5-11(10)13/h4-5,7-8H,2-3,6H2,1H3/t8-/m0/s1.